The molecule has 0 aliphatic carbocycles. The topological polar surface area (TPSA) is 50.8 Å². The van der Waals surface area contributed by atoms with Crippen LogP contribution >= 0.6 is 0 Å². The summed E-state index contributed by atoms with van der Waals surface area (Å²) in [5, 5.41) is 8.97. The van der Waals surface area contributed by atoms with Crippen LogP contribution < -0.4 is 0 Å². The van der Waals surface area contributed by atoms with E-state index < -0.39 is 0 Å². The Morgan fingerprint density at radius 3 is 2.68 bits per heavy atom. The number of imidazole rings is 1. The van der Waals surface area contributed by atoms with Crippen molar-refractivity contribution in [2.45, 2.75) is 39.8 Å². The lowest BCUT2D eigenvalue weighted by Gasteiger charge is -2.24. The van der Waals surface area contributed by atoms with E-state index in [4.69, 9.17) is 10.00 Å². The number of rotatable bonds is 3. The lowest BCUT2D eigenvalue weighted by Crippen LogP contribution is -2.24. The molecule has 4 heteroatoms. The van der Waals surface area contributed by atoms with Crippen LogP contribution in [0.25, 0.3) is 11.0 Å². The van der Waals surface area contributed by atoms with Crippen LogP contribution in [0.1, 0.15) is 39.1 Å². The van der Waals surface area contributed by atoms with Gasteiger partial charge >= 0.3 is 0 Å². The van der Waals surface area contributed by atoms with Crippen molar-refractivity contribution >= 4 is 11.0 Å². The van der Waals surface area contributed by atoms with Crippen LogP contribution in [0.5, 0.6) is 0 Å². The molecular weight excluding hydrogens is 238 g/mol. The molecule has 4 nitrogen and oxygen atoms in total. The van der Waals surface area contributed by atoms with Crippen molar-refractivity contribution in [1.29, 1.82) is 5.26 Å². The molecule has 19 heavy (non-hydrogen) atoms. The molecule has 0 saturated carbocycles. The van der Waals surface area contributed by atoms with E-state index in [1.54, 1.807) is 0 Å². The monoisotopic (exact) mass is 257 g/mol. The van der Waals surface area contributed by atoms with E-state index in [1.165, 1.54) is 0 Å². The van der Waals surface area contributed by atoms with E-state index in [-0.39, 0.29) is 5.54 Å². The van der Waals surface area contributed by atoms with Crippen LogP contribution in [0.2, 0.25) is 0 Å². The minimum atomic E-state index is -0.0741. The molecule has 2 rings (SSSR count). The fourth-order valence-electron chi connectivity index (χ4n) is 2.24. The summed E-state index contributed by atoms with van der Waals surface area (Å²) >= 11 is 0. The fraction of sp³-hybridized carbons (Fsp3) is 0.467. The predicted octanol–water partition coefficient (Wildman–Crippen LogP) is 3.20. The molecule has 2 aromatic rings. The van der Waals surface area contributed by atoms with Gasteiger partial charge in [0.15, 0.2) is 0 Å². The van der Waals surface area contributed by atoms with E-state index in [0.29, 0.717) is 18.8 Å². The van der Waals surface area contributed by atoms with Crippen molar-refractivity contribution in [3.05, 3.63) is 29.6 Å². The number of hydrogen-bond acceptors (Lipinski definition) is 3. The highest BCUT2D eigenvalue weighted by Gasteiger charge is 2.21. The van der Waals surface area contributed by atoms with Gasteiger partial charge in [-0.3, -0.25) is 0 Å². The summed E-state index contributed by atoms with van der Waals surface area (Å²) in [6.45, 7) is 9.55. The SMILES string of the molecule is CCOCc1nc2cc(C#N)ccc2n1C(C)(C)C. The molecule has 0 N–H and O–H groups in total. The molecular formula is C15H19N3O. The van der Waals surface area contributed by atoms with Crippen LogP contribution in [0.4, 0.5) is 0 Å². The third kappa shape index (κ3) is 2.61. The molecule has 0 atom stereocenters. The fourth-order valence-corrected chi connectivity index (χ4v) is 2.24. The van der Waals surface area contributed by atoms with E-state index in [2.05, 4.69) is 36.4 Å². The van der Waals surface area contributed by atoms with Crippen molar-refractivity contribution in [3.63, 3.8) is 0 Å². The van der Waals surface area contributed by atoms with E-state index in [1.807, 2.05) is 25.1 Å². The largest absolute Gasteiger partial charge is 0.374 e. The summed E-state index contributed by atoms with van der Waals surface area (Å²) in [7, 11) is 0. The Morgan fingerprint density at radius 2 is 2.11 bits per heavy atom. The van der Waals surface area contributed by atoms with Crippen LogP contribution in [-0.4, -0.2) is 16.2 Å². The Bertz CT molecular complexity index is 629. The van der Waals surface area contributed by atoms with Gasteiger partial charge in [-0.2, -0.15) is 5.26 Å². The van der Waals surface area contributed by atoms with Crippen molar-refractivity contribution < 1.29 is 4.74 Å². The Kier molecular flexibility index (Phi) is 3.59. The van der Waals surface area contributed by atoms with E-state index in [9.17, 15) is 0 Å². The second kappa shape index (κ2) is 5.02. The second-order valence-electron chi connectivity index (χ2n) is 5.49. The molecule has 0 amide bonds. The van der Waals surface area contributed by atoms with Crippen LogP contribution in [-0.2, 0) is 16.9 Å². The standard InChI is InChI=1S/C15H19N3O/c1-5-19-10-14-17-12-8-11(9-16)6-7-13(12)18(14)15(2,3)4/h6-8H,5,10H2,1-4H3. The average Bonchev–Trinajstić information content (AvgIpc) is 2.72. The molecule has 0 radical (unpaired) electrons. The normalized spacial score (nSPS) is 11.7. The first kappa shape index (κ1) is 13.6. The summed E-state index contributed by atoms with van der Waals surface area (Å²) in [4.78, 5) is 4.61. The number of fused-ring (bicyclic) bond motifs is 1. The summed E-state index contributed by atoms with van der Waals surface area (Å²) in [5.41, 5.74) is 2.45. The van der Waals surface area contributed by atoms with Gasteiger partial charge in [0.25, 0.3) is 0 Å². The van der Waals surface area contributed by atoms with Gasteiger partial charge in [0.2, 0.25) is 0 Å². The lowest BCUT2D eigenvalue weighted by molar-refractivity contribution is 0.122. The summed E-state index contributed by atoms with van der Waals surface area (Å²) < 4.78 is 7.67. The van der Waals surface area contributed by atoms with E-state index in [0.717, 1.165) is 16.9 Å². The number of hydrogen-bond donors (Lipinski definition) is 0. The maximum absolute atomic E-state index is 8.97. The van der Waals surface area contributed by atoms with Crippen LogP contribution in [0, 0.1) is 11.3 Å². The molecule has 0 spiro atoms. The maximum Gasteiger partial charge on any atom is 0.136 e. The Morgan fingerprint density at radius 1 is 1.37 bits per heavy atom. The molecule has 0 aliphatic rings. The minimum absolute atomic E-state index is 0.0741. The van der Waals surface area contributed by atoms with Crippen molar-refractivity contribution in [2.75, 3.05) is 6.61 Å². The highest BCUT2D eigenvalue weighted by Crippen LogP contribution is 2.26. The Hall–Kier alpha value is -1.86. The smallest absolute Gasteiger partial charge is 0.136 e. The summed E-state index contributed by atoms with van der Waals surface area (Å²) in [6.07, 6.45) is 0. The van der Waals surface area contributed by atoms with Gasteiger partial charge in [-0.25, -0.2) is 4.98 Å². The molecule has 0 bridgehead atoms. The molecule has 1 aromatic carbocycles. The minimum Gasteiger partial charge on any atom is -0.374 e. The summed E-state index contributed by atoms with van der Waals surface area (Å²) in [5.74, 6) is 0.902. The number of nitriles is 1. The van der Waals surface area contributed by atoms with Crippen molar-refractivity contribution in [2.24, 2.45) is 0 Å². The van der Waals surface area contributed by atoms with Gasteiger partial charge in [-0.15, -0.1) is 0 Å². The highest BCUT2D eigenvalue weighted by molar-refractivity contribution is 5.78. The van der Waals surface area contributed by atoms with Gasteiger partial charge in [0.05, 0.1) is 22.7 Å². The zero-order valence-corrected chi connectivity index (χ0v) is 11.9. The van der Waals surface area contributed by atoms with Gasteiger partial charge in [-0.05, 0) is 45.9 Å². The van der Waals surface area contributed by atoms with Crippen molar-refractivity contribution in [1.82, 2.24) is 9.55 Å². The molecule has 0 fully saturated rings. The quantitative estimate of drug-likeness (QED) is 0.848. The van der Waals surface area contributed by atoms with Gasteiger partial charge in [-0.1, -0.05) is 0 Å². The zero-order chi connectivity index (χ0) is 14.0. The third-order valence-electron chi connectivity index (χ3n) is 2.96. The molecule has 0 saturated heterocycles. The van der Waals surface area contributed by atoms with Gasteiger partial charge < -0.3 is 9.30 Å². The predicted molar refractivity (Wildman–Crippen MR) is 74.8 cm³/mol. The number of benzene rings is 1. The van der Waals surface area contributed by atoms with Gasteiger partial charge in [0.1, 0.15) is 12.4 Å². The first-order valence-electron chi connectivity index (χ1n) is 6.47. The van der Waals surface area contributed by atoms with Gasteiger partial charge in [0, 0.05) is 12.1 Å². The molecule has 1 heterocycles. The molecule has 1 aromatic heterocycles. The Labute approximate surface area is 113 Å². The molecule has 0 aliphatic heterocycles. The molecule has 0 unspecified atom stereocenters. The number of nitrogens with zero attached hydrogens (tertiary/aromatic N) is 3. The zero-order valence-electron chi connectivity index (χ0n) is 11.9. The van der Waals surface area contributed by atoms with Crippen LogP contribution in [0.3, 0.4) is 0 Å². The van der Waals surface area contributed by atoms with Crippen LogP contribution in [0.15, 0.2) is 18.2 Å². The third-order valence-corrected chi connectivity index (χ3v) is 2.96. The lowest BCUT2D eigenvalue weighted by atomic mass is 10.1. The number of aromatic nitrogens is 2. The Balaban J connectivity index is 2.63. The molecule has 100 valence electrons. The van der Waals surface area contributed by atoms with Crippen molar-refractivity contribution in [3.8, 4) is 6.07 Å². The number of ether oxygens (including phenoxy) is 1. The first-order chi connectivity index (χ1) is 8.97. The summed E-state index contributed by atoms with van der Waals surface area (Å²) in [6, 6.07) is 7.77. The average molecular weight is 257 g/mol. The van der Waals surface area contributed by atoms with E-state index >= 15 is 0 Å². The second-order valence-corrected chi connectivity index (χ2v) is 5.49. The highest BCUT2D eigenvalue weighted by atomic mass is 16.5. The maximum atomic E-state index is 8.97. The first-order valence-corrected chi connectivity index (χ1v) is 6.47.